The molecular formula is C16H11ClN2O4. The second-order valence-electron chi connectivity index (χ2n) is 4.88. The van der Waals surface area contributed by atoms with E-state index in [4.69, 9.17) is 22.1 Å². The number of hydrogen-bond donors (Lipinski definition) is 1. The van der Waals surface area contributed by atoms with Crippen molar-refractivity contribution in [2.45, 2.75) is 0 Å². The van der Waals surface area contributed by atoms with Crippen LogP contribution in [0.1, 0.15) is 31.1 Å². The number of fused-ring (bicyclic) bond motifs is 1. The lowest BCUT2D eigenvalue weighted by Gasteiger charge is -2.14. The zero-order chi connectivity index (χ0) is 16.6. The Labute approximate surface area is 136 Å². The third-order valence-electron chi connectivity index (χ3n) is 3.44. The molecule has 6 nitrogen and oxygen atoms in total. The number of amides is 2. The first-order valence-corrected chi connectivity index (χ1v) is 7.04. The van der Waals surface area contributed by atoms with Gasteiger partial charge in [0.1, 0.15) is 0 Å². The van der Waals surface area contributed by atoms with Gasteiger partial charge in [0.05, 0.1) is 16.7 Å². The summed E-state index contributed by atoms with van der Waals surface area (Å²) in [5.74, 6) is -1.77. The molecule has 0 saturated heterocycles. The number of benzene rings is 2. The number of imide groups is 1. The van der Waals surface area contributed by atoms with Crippen LogP contribution in [0.25, 0.3) is 0 Å². The van der Waals surface area contributed by atoms with Gasteiger partial charge in [0.15, 0.2) is 6.73 Å². The lowest BCUT2D eigenvalue weighted by molar-refractivity contribution is 0.0229. The smallest absolute Gasteiger partial charge is 0.342 e. The van der Waals surface area contributed by atoms with Crippen molar-refractivity contribution in [3.63, 3.8) is 0 Å². The summed E-state index contributed by atoms with van der Waals surface area (Å²) < 4.78 is 5.03. The van der Waals surface area contributed by atoms with E-state index in [0.29, 0.717) is 5.02 Å². The van der Waals surface area contributed by atoms with Gasteiger partial charge in [-0.25, -0.2) is 9.69 Å². The third kappa shape index (κ3) is 2.64. The van der Waals surface area contributed by atoms with Crippen molar-refractivity contribution in [3.05, 3.63) is 64.2 Å². The second-order valence-corrected chi connectivity index (χ2v) is 5.31. The maximum Gasteiger partial charge on any atom is 0.342 e. The molecule has 2 amide bonds. The van der Waals surface area contributed by atoms with Crippen molar-refractivity contribution in [2.24, 2.45) is 0 Å². The Bertz CT molecular complexity index is 800. The average molecular weight is 331 g/mol. The Hall–Kier alpha value is -2.86. The van der Waals surface area contributed by atoms with Crippen LogP contribution in [0.3, 0.4) is 0 Å². The topological polar surface area (TPSA) is 89.7 Å². The Balaban J connectivity index is 1.75. The van der Waals surface area contributed by atoms with Crippen molar-refractivity contribution in [1.29, 1.82) is 0 Å². The monoisotopic (exact) mass is 330 g/mol. The highest BCUT2D eigenvalue weighted by molar-refractivity contribution is 6.31. The Morgan fingerprint density at radius 3 is 2.30 bits per heavy atom. The molecule has 0 aliphatic carbocycles. The van der Waals surface area contributed by atoms with Crippen molar-refractivity contribution >= 4 is 35.1 Å². The van der Waals surface area contributed by atoms with E-state index in [1.807, 2.05) is 0 Å². The van der Waals surface area contributed by atoms with Gasteiger partial charge in [-0.05, 0) is 30.3 Å². The molecule has 0 unspecified atom stereocenters. The summed E-state index contributed by atoms with van der Waals surface area (Å²) in [5, 5.41) is 0.326. The Kier molecular flexibility index (Phi) is 3.75. The summed E-state index contributed by atoms with van der Waals surface area (Å²) in [6.07, 6.45) is 0. The number of rotatable bonds is 3. The number of carbonyl (C=O) groups excluding carboxylic acids is 3. The molecule has 2 aromatic rings. The van der Waals surface area contributed by atoms with E-state index in [2.05, 4.69) is 0 Å². The normalized spacial score (nSPS) is 13.2. The van der Waals surface area contributed by atoms with Gasteiger partial charge in [-0.15, -0.1) is 0 Å². The molecule has 0 bridgehead atoms. The predicted octanol–water partition coefficient (Wildman–Crippen LogP) is 2.33. The molecule has 2 aromatic carbocycles. The molecule has 0 spiro atoms. The fourth-order valence-electron chi connectivity index (χ4n) is 2.26. The van der Waals surface area contributed by atoms with Gasteiger partial charge in [0.2, 0.25) is 0 Å². The van der Waals surface area contributed by atoms with Gasteiger partial charge >= 0.3 is 5.97 Å². The van der Waals surface area contributed by atoms with Crippen LogP contribution in [0.2, 0.25) is 5.02 Å². The minimum absolute atomic E-state index is 0.0779. The summed E-state index contributed by atoms with van der Waals surface area (Å²) in [7, 11) is 0. The van der Waals surface area contributed by atoms with Gasteiger partial charge in [0, 0.05) is 10.7 Å². The van der Waals surface area contributed by atoms with Gasteiger partial charge in [-0.3, -0.25) is 9.59 Å². The molecule has 1 aliphatic heterocycles. The molecule has 0 radical (unpaired) electrons. The first kappa shape index (κ1) is 15.1. The largest absolute Gasteiger partial charge is 0.440 e. The number of hydrogen-bond acceptors (Lipinski definition) is 5. The summed E-state index contributed by atoms with van der Waals surface area (Å²) in [4.78, 5) is 37.2. The third-order valence-corrected chi connectivity index (χ3v) is 3.67. The molecule has 1 heterocycles. The maximum absolute atomic E-state index is 12.1. The number of nitrogens with two attached hydrogens (primary N) is 1. The zero-order valence-corrected chi connectivity index (χ0v) is 12.5. The molecule has 1 aliphatic rings. The van der Waals surface area contributed by atoms with Crippen molar-refractivity contribution in [2.75, 3.05) is 12.5 Å². The first-order chi connectivity index (χ1) is 11.0. The van der Waals surface area contributed by atoms with E-state index < -0.39 is 24.5 Å². The maximum atomic E-state index is 12.1. The van der Waals surface area contributed by atoms with Crippen LogP contribution in [0.4, 0.5) is 5.69 Å². The summed E-state index contributed by atoms with van der Waals surface area (Å²) in [6.45, 7) is -0.489. The molecule has 23 heavy (non-hydrogen) atoms. The highest BCUT2D eigenvalue weighted by Gasteiger charge is 2.35. The quantitative estimate of drug-likeness (QED) is 0.530. The van der Waals surface area contributed by atoms with Crippen LogP contribution in [0.5, 0.6) is 0 Å². The number of nitrogens with zero attached hydrogens (tertiary/aromatic N) is 1. The Morgan fingerprint density at radius 2 is 1.70 bits per heavy atom. The molecule has 0 aromatic heterocycles. The van der Waals surface area contributed by atoms with Gasteiger partial charge in [0.25, 0.3) is 11.8 Å². The molecule has 2 N–H and O–H groups in total. The molecule has 0 saturated carbocycles. The fourth-order valence-corrected chi connectivity index (χ4v) is 2.43. The molecule has 116 valence electrons. The number of ether oxygens (including phenoxy) is 1. The number of nitrogen functional groups attached to an aromatic ring is 1. The van der Waals surface area contributed by atoms with Crippen molar-refractivity contribution < 1.29 is 19.1 Å². The minimum Gasteiger partial charge on any atom is -0.440 e. The average Bonchev–Trinajstić information content (AvgIpc) is 2.79. The highest BCUT2D eigenvalue weighted by atomic mass is 35.5. The van der Waals surface area contributed by atoms with E-state index in [1.165, 1.54) is 18.2 Å². The molecule has 0 atom stereocenters. The van der Waals surface area contributed by atoms with Gasteiger partial charge < -0.3 is 10.5 Å². The van der Waals surface area contributed by atoms with E-state index in [0.717, 1.165) is 4.90 Å². The number of anilines is 1. The van der Waals surface area contributed by atoms with E-state index in [-0.39, 0.29) is 22.4 Å². The lowest BCUT2D eigenvalue weighted by Crippen LogP contribution is -2.33. The van der Waals surface area contributed by atoms with E-state index >= 15 is 0 Å². The summed E-state index contributed by atoms with van der Waals surface area (Å²) >= 11 is 5.81. The molecule has 7 heteroatoms. The van der Waals surface area contributed by atoms with Crippen molar-refractivity contribution in [3.8, 4) is 0 Å². The lowest BCUT2D eigenvalue weighted by atomic mass is 10.1. The van der Waals surface area contributed by atoms with Crippen LogP contribution >= 0.6 is 11.6 Å². The standard InChI is InChI=1S/C16H11ClN2O4/c17-9-5-6-13(18)12(7-9)16(22)23-8-19-14(20)10-3-1-2-4-11(10)15(19)21/h1-7H,8,18H2. The van der Waals surface area contributed by atoms with Crippen LogP contribution in [-0.4, -0.2) is 29.4 Å². The molecular weight excluding hydrogens is 320 g/mol. The van der Waals surface area contributed by atoms with Crippen LogP contribution in [-0.2, 0) is 4.74 Å². The number of carbonyl (C=O) groups is 3. The predicted molar refractivity (Wildman–Crippen MR) is 83.1 cm³/mol. The number of esters is 1. The highest BCUT2D eigenvalue weighted by Crippen LogP contribution is 2.23. The van der Waals surface area contributed by atoms with E-state index in [1.54, 1.807) is 24.3 Å². The van der Waals surface area contributed by atoms with Crippen LogP contribution in [0, 0.1) is 0 Å². The fraction of sp³-hybridized carbons (Fsp3) is 0.0625. The SMILES string of the molecule is Nc1ccc(Cl)cc1C(=O)OCN1C(=O)c2ccccc2C1=O. The minimum atomic E-state index is -0.762. The van der Waals surface area contributed by atoms with Crippen LogP contribution < -0.4 is 5.73 Å². The number of halogens is 1. The summed E-state index contributed by atoms with van der Waals surface area (Å²) in [6, 6.07) is 10.8. The summed E-state index contributed by atoms with van der Waals surface area (Å²) in [5.41, 5.74) is 6.54. The second kappa shape index (κ2) is 5.73. The van der Waals surface area contributed by atoms with Gasteiger partial charge in [-0.1, -0.05) is 23.7 Å². The Morgan fingerprint density at radius 1 is 1.09 bits per heavy atom. The van der Waals surface area contributed by atoms with Crippen molar-refractivity contribution in [1.82, 2.24) is 4.90 Å². The zero-order valence-electron chi connectivity index (χ0n) is 11.8. The molecule has 3 rings (SSSR count). The van der Waals surface area contributed by atoms with E-state index in [9.17, 15) is 14.4 Å². The molecule has 0 fully saturated rings. The van der Waals surface area contributed by atoms with Crippen LogP contribution in [0.15, 0.2) is 42.5 Å². The van der Waals surface area contributed by atoms with Gasteiger partial charge in [-0.2, -0.15) is 0 Å². The first-order valence-electron chi connectivity index (χ1n) is 6.66.